The van der Waals surface area contributed by atoms with E-state index in [0.29, 0.717) is 33.5 Å². The van der Waals surface area contributed by atoms with Gasteiger partial charge in [0.15, 0.2) is 0 Å². The molecule has 0 fully saturated rings. The number of carbonyl (C=O) groups is 1. The van der Waals surface area contributed by atoms with Crippen LogP contribution in [0.4, 0.5) is 10.1 Å². The summed E-state index contributed by atoms with van der Waals surface area (Å²) in [5.74, 6) is -0.775. The fourth-order valence-corrected chi connectivity index (χ4v) is 2.62. The summed E-state index contributed by atoms with van der Waals surface area (Å²) in [5, 5.41) is 9.40. The summed E-state index contributed by atoms with van der Waals surface area (Å²) in [6, 6.07) is 11.5. The van der Waals surface area contributed by atoms with Gasteiger partial charge >= 0.3 is 0 Å². The third kappa shape index (κ3) is 2.72. The van der Waals surface area contributed by atoms with Gasteiger partial charge in [0, 0.05) is 18.0 Å². The minimum absolute atomic E-state index is 0.327. The van der Waals surface area contributed by atoms with E-state index >= 15 is 0 Å². The Morgan fingerprint density at radius 1 is 1.04 bits per heavy atom. The van der Waals surface area contributed by atoms with Crippen molar-refractivity contribution in [2.24, 2.45) is 0 Å². The largest absolute Gasteiger partial charge is 0.319 e. The van der Waals surface area contributed by atoms with Gasteiger partial charge in [0.1, 0.15) is 11.3 Å². The van der Waals surface area contributed by atoms with Crippen LogP contribution in [0.15, 0.2) is 61.1 Å². The zero-order valence-electron chi connectivity index (χ0n) is 12.9. The molecular weight excluding hydrogens is 321 g/mol. The molecule has 2 heterocycles. The maximum Gasteiger partial charge on any atom is 0.258 e. The number of para-hydroxylation sites is 1. The molecule has 2 aromatic carbocycles. The number of carbonyl (C=O) groups excluding carboxylic acids is 1. The number of aromatic nitrogens is 4. The molecule has 4 rings (SSSR count). The van der Waals surface area contributed by atoms with E-state index < -0.39 is 5.82 Å². The van der Waals surface area contributed by atoms with Gasteiger partial charge in [0.2, 0.25) is 0 Å². The van der Waals surface area contributed by atoms with Gasteiger partial charge in [-0.15, -0.1) is 0 Å². The van der Waals surface area contributed by atoms with Crippen molar-refractivity contribution >= 4 is 22.6 Å². The number of halogens is 1. The second kappa shape index (κ2) is 6.12. The number of anilines is 1. The van der Waals surface area contributed by atoms with Gasteiger partial charge in [-0.3, -0.25) is 19.9 Å². The number of rotatable bonds is 3. The summed E-state index contributed by atoms with van der Waals surface area (Å²) in [5.41, 5.74) is 2.61. The molecule has 0 radical (unpaired) electrons. The molecule has 1 amide bonds. The molecule has 0 aliphatic carbocycles. The minimum atomic E-state index is -0.404. The Morgan fingerprint density at radius 3 is 2.76 bits per heavy atom. The summed E-state index contributed by atoms with van der Waals surface area (Å²) >= 11 is 0. The van der Waals surface area contributed by atoms with Crippen molar-refractivity contribution in [3.8, 4) is 11.3 Å². The Hall–Kier alpha value is -3.61. The maximum absolute atomic E-state index is 14.0. The SMILES string of the molecule is O=C(Nc1cn[nH]c1-c1ccccc1F)c1cccc2nccnc12. The van der Waals surface area contributed by atoms with Crippen LogP contribution in [0.2, 0.25) is 0 Å². The van der Waals surface area contributed by atoms with Gasteiger partial charge in [-0.2, -0.15) is 5.10 Å². The topological polar surface area (TPSA) is 83.6 Å². The number of nitrogens with zero attached hydrogens (tertiary/aromatic N) is 3. The number of hydrogen-bond donors (Lipinski definition) is 2. The van der Waals surface area contributed by atoms with Crippen LogP contribution in [0, 0.1) is 5.82 Å². The molecule has 0 spiro atoms. The van der Waals surface area contributed by atoms with Crippen LogP contribution in [0.3, 0.4) is 0 Å². The van der Waals surface area contributed by atoms with Crippen LogP contribution in [0.1, 0.15) is 10.4 Å². The molecule has 7 heteroatoms. The molecule has 6 nitrogen and oxygen atoms in total. The van der Waals surface area contributed by atoms with Crippen molar-refractivity contribution < 1.29 is 9.18 Å². The van der Waals surface area contributed by atoms with E-state index in [1.165, 1.54) is 18.5 Å². The molecule has 0 saturated heterocycles. The van der Waals surface area contributed by atoms with E-state index in [-0.39, 0.29) is 5.91 Å². The van der Waals surface area contributed by atoms with Crippen molar-refractivity contribution in [1.29, 1.82) is 0 Å². The van der Waals surface area contributed by atoms with Gasteiger partial charge in [-0.1, -0.05) is 18.2 Å². The van der Waals surface area contributed by atoms with Crippen molar-refractivity contribution in [3.05, 3.63) is 72.4 Å². The average Bonchev–Trinajstić information content (AvgIpc) is 3.09. The molecule has 0 atom stereocenters. The number of nitrogens with one attached hydrogen (secondary N) is 2. The van der Waals surface area contributed by atoms with E-state index in [0.717, 1.165) is 0 Å². The zero-order chi connectivity index (χ0) is 17.2. The van der Waals surface area contributed by atoms with Gasteiger partial charge in [-0.05, 0) is 24.3 Å². The van der Waals surface area contributed by atoms with Crippen LogP contribution in [-0.2, 0) is 0 Å². The lowest BCUT2D eigenvalue weighted by Gasteiger charge is -2.08. The highest BCUT2D eigenvalue weighted by Crippen LogP contribution is 2.28. The van der Waals surface area contributed by atoms with E-state index in [1.54, 1.807) is 42.6 Å². The van der Waals surface area contributed by atoms with Gasteiger partial charge in [0.25, 0.3) is 5.91 Å². The summed E-state index contributed by atoms with van der Waals surface area (Å²) < 4.78 is 14.0. The number of benzene rings is 2. The Bertz CT molecular complexity index is 1070. The van der Waals surface area contributed by atoms with Crippen molar-refractivity contribution in [2.45, 2.75) is 0 Å². The molecule has 122 valence electrons. The minimum Gasteiger partial charge on any atom is -0.319 e. The molecule has 4 aromatic rings. The van der Waals surface area contributed by atoms with E-state index in [1.807, 2.05) is 0 Å². The predicted octanol–water partition coefficient (Wildman–Crippen LogP) is 3.41. The first kappa shape index (κ1) is 14.9. The Labute approximate surface area is 141 Å². The average molecular weight is 333 g/mol. The number of hydrogen-bond acceptors (Lipinski definition) is 4. The third-order valence-corrected chi connectivity index (χ3v) is 3.77. The molecule has 0 unspecified atom stereocenters. The monoisotopic (exact) mass is 333 g/mol. The summed E-state index contributed by atoms with van der Waals surface area (Å²) in [7, 11) is 0. The molecule has 0 aliphatic rings. The summed E-state index contributed by atoms with van der Waals surface area (Å²) in [6.45, 7) is 0. The zero-order valence-corrected chi connectivity index (χ0v) is 12.9. The molecule has 0 saturated carbocycles. The fourth-order valence-electron chi connectivity index (χ4n) is 2.62. The first-order chi connectivity index (χ1) is 12.2. The molecular formula is C18H12FN5O. The highest BCUT2D eigenvalue weighted by atomic mass is 19.1. The molecule has 25 heavy (non-hydrogen) atoms. The highest BCUT2D eigenvalue weighted by molar-refractivity contribution is 6.12. The van der Waals surface area contributed by atoms with Gasteiger partial charge in [0.05, 0.1) is 28.7 Å². The van der Waals surface area contributed by atoms with E-state index in [9.17, 15) is 9.18 Å². The first-order valence-corrected chi connectivity index (χ1v) is 7.53. The standard InChI is InChI=1S/C18H12FN5O/c19-13-6-2-1-4-11(13)17-15(10-22-24-17)23-18(25)12-5-3-7-14-16(12)21-9-8-20-14/h1-10H,(H,22,24)(H,23,25). The third-order valence-electron chi connectivity index (χ3n) is 3.77. The summed E-state index contributed by atoms with van der Waals surface area (Å²) in [6.07, 6.45) is 4.54. The fraction of sp³-hybridized carbons (Fsp3) is 0. The predicted molar refractivity (Wildman–Crippen MR) is 91.5 cm³/mol. The van der Waals surface area contributed by atoms with E-state index in [2.05, 4.69) is 25.5 Å². The number of aromatic amines is 1. The second-order valence-electron chi connectivity index (χ2n) is 5.32. The molecule has 0 bridgehead atoms. The smallest absolute Gasteiger partial charge is 0.258 e. The maximum atomic E-state index is 14.0. The molecule has 2 N–H and O–H groups in total. The van der Waals surface area contributed by atoms with Crippen molar-refractivity contribution in [3.63, 3.8) is 0 Å². The Kier molecular flexibility index (Phi) is 3.66. The van der Waals surface area contributed by atoms with Gasteiger partial charge in [-0.25, -0.2) is 4.39 Å². The highest BCUT2D eigenvalue weighted by Gasteiger charge is 2.16. The van der Waals surface area contributed by atoms with Crippen LogP contribution in [0.25, 0.3) is 22.3 Å². The number of H-pyrrole nitrogens is 1. The van der Waals surface area contributed by atoms with Crippen LogP contribution in [-0.4, -0.2) is 26.1 Å². The number of amides is 1. The lowest BCUT2D eigenvalue weighted by molar-refractivity contribution is 0.102. The lowest BCUT2D eigenvalue weighted by atomic mass is 10.1. The first-order valence-electron chi connectivity index (χ1n) is 7.53. The second-order valence-corrected chi connectivity index (χ2v) is 5.32. The van der Waals surface area contributed by atoms with Crippen LogP contribution in [0.5, 0.6) is 0 Å². The quantitative estimate of drug-likeness (QED) is 0.602. The van der Waals surface area contributed by atoms with Crippen LogP contribution < -0.4 is 5.32 Å². The number of fused-ring (bicyclic) bond motifs is 1. The van der Waals surface area contributed by atoms with Crippen molar-refractivity contribution in [1.82, 2.24) is 20.2 Å². The van der Waals surface area contributed by atoms with E-state index in [4.69, 9.17) is 0 Å². The van der Waals surface area contributed by atoms with Gasteiger partial charge < -0.3 is 5.32 Å². The van der Waals surface area contributed by atoms with Crippen LogP contribution >= 0.6 is 0 Å². The molecule has 2 aromatic heterocycles. The lowest BCUT2D eigenvalue weighted by Crippen LogP contribution is -2.13. The van der Waals surface area contributed by atoms with Crippen molar-refractivity contribution in [2.75, 3.05) is 5.32 Å². The normalized spacial score (nSPS) is 10.8. The Morgan fingerprint density at radius 2 is 1.88 bits per heavy atom. The summed E-state index contributed by atoms with van der Waals surface area (Å²) in [4.78, 5) is 21.1. The molecule has 0 aliphatic heterocycles. The Balaban J connectivity index is 1.71.